The van der Waals surface area contributed by atoms with Crippen LogP contribution in [0.2, 0.25) is 0 Å². The molecule has 2 N–H and O–H groups in total. The van der Waals surface area contributed by atoms with E-state index in [1.54, 1.807) is 18.2 Å². The van der Waals surface area contributed by atoms with Crippen molar-refractivity contribution < 1.29 is 8.42 Å². The van der Waals surface area contributed by atoms with Gasteiger partial charge in [0.05, 0.1) is 16.3 Å². The van der Waals surface area contributed by atoms with Gasteiger partial charge >= 0.3 is 0 Å². The van der Waals surface area contributed by atoms with Crippen molar-refractivity contribution in [2.45, 2.75) is 18.2 Å². The SMILES string of the molecule is CC1CC1CN(C)c1cc(S(=O)(=O)N(C)C)ccc1N. The third kappa shape index (κ3) is 2.91. The van der Waals surface area contributed by atoms with Crippen molar-refractivity contribution in [3.05, 3.63) is 18.2 Å². The lowest BCUT2D eigenvalue weighted by atomic mass is 10.2. The minimum Gasteiger partial charge on any atom is -0.397 e. The van der Waals surface area contributed by atoms with Gasteiger partial charge in [-0.3, -0.25) is 0 Å². The molecule has 1 aromatic carbocycles. The molecule has 20 heavy (non-hydrogen) atoms. The molecule has 0 bridgehead atoms. The predicted molar refractivity (Wildman–Crippen MR) is 82.3 cm³/mol. The summed E-state index contributed by atoms with van der Waals surface area (Å²) >= 11 is 0. The lowest BCUT2D eigenvalue weighted by molar-refractivity contribution is 0.521. The lowest BCUT2D eigenvalue weighted by Gasteiger charge is -2.22. The molecule has 1 aromatic rings. The van der Waals surface area contributed by atoms with Gasteiger partial charge in [0.2, 0.25) is 10.0 Å². The minimum atomic E-state index is -3.42. The molecule has 0 saturated heterocycles. The number of nitrogens with zero attached hydrogens (tertiary/aromatic N) is 2. The van der Waals surface area contributed by atoms with E-state index in [1.165, 1.54) is 24.8 Å². The number of sulfonamides is 1. The molecular formula is C14H23N3O2S. The van der Waals surface area contributed by atoms with E-state index in [1.807, 2.05) is 7.05 Å². The van der Waals surface area contributed by atoms with Crippen LogP contribution in [0.5, 0.6) is 0 Å². The third-order valence-corrected chi connectivity index (χ3v) is 5.79. The van der Waals surface area contributed by atoms with Crippen molar-refractivity contribution in [2.75, 3.05) is 38.3 Å². The first-order chi connectivity index (χ1) is 9.23. The Labute approximate surface area is 121 Å². The molecule has 1 saturated carbocycles. The lowest BCUT2D eigenvalue weighted by Crippen LogP contribution is -2.24. The summed E-state index contributed by atoms with van der Waals surface area (Å²) in [6, 6.07) is 4.89. The van der Waals surface area contributed by atoms with Gasteiger partial charge in [-0.1, -0.05) is 6.92 Å². The molecule has 1 aliphatic rings. The topological polar surface area (TPSA) is 66.6 Å². The summed E-state index contributed by atoms with van der Waals surface area (Å²) in [6.45, 7) is 3.14. The first kappa shape index (κ1) is 15.1. The maximum absolute atomic E-state index is 12.2. The molecule has 5 nitrogen and oxygen atoms in total. The summed E-state index contributed by atoms with van der Waals surface area (Å²) in [4.78, 5) is 2.33. The fourth-order valence-electron chi connectivity index (χ4n) is 2.33. The molecule has 2 atom stereocenters. The van der Waals surface area contributed by atoms with E-state index in [-0.39, 0.29) is 4.90 Å². The normalized spacial score (nSPS) is 22.1. The number of anilines is 2. The molecule has 6 heteroatoms. The second-order valence-electron chi connectivity index (χ2n) is 5.86. The van der Waals surface area contributed by atoms with Gasteiger partial charge in [0.25, 0.3) is 0 Å². The number of nitrogen functional groups attached to an aromatic ring is 1. The zero-order valence-electron chi connectivity index (χ0n) is 12.5. The zero-order valence-corrected chi connectivity index (χ0v) is 13.3. The van der Waals surface area contributed by atoms with Crippen LogP contribution in [0.4, 0.5) is 11.4 Å². The highest BCUT2D eigenvalue weighted by atomic mass is 32.2. The number of rotatable bonds is 5. The second kappa shape index (κ2) is 5.26. The van der Waals surface area contributed by atoms with Crippen LogP contribution in [-0.2, 0) is 10.0 Å². The van der Waals surface area contributed by atoms with Crippen LogP contribution in [-0.4, -0.2) is 40.4 Å². The maximum Gasteiger partial charge on any atom is 0.242 e. The smallest absolute Gasteiger partial charge is 0.242 e. The molecule has 0 aliphatic heterocycles. The Hall–Kier alpha value is -1.27. The summed E-state index contributed by atoms with van der Waals surface area (Å²) in [5, 5.41) is 0. The standard InChI is InChI=1S/C14H23N3O2S/c1-10-7-11(10)9-17(4)14-8-12(5-6-13(14)15)20(18,19)16(2)3/h5-6,8,10-11H,7,9,15H2,1-4H3. The van der Waals surface area contributed by atoms with E-state index < -0.39 is 10.0 Å². The van der Waals surface area contributed by atoms with Crippen LogP contribution in [0, 0.1) is 11.8 Å². The summed E-state index contributed by atoms with van der Waals surface area (Å²) in [5.41, 5.74) is 7.38. The van der Waals surface area contributed by atoms with Crippen molar-refractivity contribution in [3.8, 4) is 0 Å². The Kier molecular flexibility index (Phi) is 3.97. The highest BCUT2D eigenvalue weighted by Crippen LogP contribution is 2.39. The van der Waals surface area contributed by atoms with Gasteiger partial charge in [0.15, 0.2) is 0 Å². The van der Waals surface area contributed by atoms with Crippen LogP contribution in [0.15, 0.2) is 23.1 Å². The Morgan fingerprint density at radius 3 is 2.40 bits per heavy atom. The maximum atomic E-state index is 12.2. The molecular weight excluding hydrogens is 274 g/mol. The molecule has 0 aromatic heterocycles. The highest BCUT2D eigenvalue weighted by Gasteiger charge is 2.33. The number of benzene rings is 1. The molecule has 0 heterocycles. The van der Waals surface area contributed by atoms with Crippen LogP contribution < -0.4 is 10.6 Å². The molecule has 2 rings (SSSR count). The van der Waals surface area contributed by atoms with E-state index in [9.17, 15) is 8.42 Å². The summed E-state index contributed by atoms with van der Waals surface area (Å²) in [7, 11) is 1.60. The molecule has 0 radical (unpaired) electrons. The van der Waals surface area contributed by atoms with Crippen molar-refractivity contribution in [1.82, 2.24) is 4.31 Å². The largest absolute Gasteiger partial charge is 0.397 e. The quantitative estimate of drug-likeness (QED) is 0.839. The molecule has 0 spiro atoms. The molecule has 0 amide bonds. The van der Waals surface area contributed by atoms with E-state index in [0.29, 0.717) is 11.6 Å². The first-order valence-electron chi connectivity index (χ1n) is 6.76. The molecule has 2 unspecified atom stereocenters. The van der Waals surface area contributed by atoms with Crippen LogP contribution in [0.25, 0.3) is 0 Å². The molecule has 1 fully saturated rings. The third-order valence-electron chi connectivity index (χ3n) is 3.98. The second-order valence-corrected chi connectivity index (χ2v) is 8.01. The van der Waals surface area contributed by atoms with E-state index in [4.69, 9.17) is 5.73 Å². The van der Waals surface area contributed by atoms with Crippen LogP contribution in [0.3, 0.4) is 0 Å². The Morgan fingerprint density at radius 2 is 1.90 bits per heavy atom. The van der Waals surface area contributed by atoms with Crippen molar-refractivity contribution in [3.63, 3.8) is 0 Å². The fourth-order valence-corrected chi connectivity index (χ4v) is 3.25. The zero-order chi connectivity index (χ0) is 15.1. The van der Waals surface area contributed by atoms with Crippen molar-refractivity contribution in [1.29, 1.82) is 0 Å². The molecule has 1 aliphatic carbocycles. The van der Waals surface area contributed by atoms with Crippen LogP contribution in [0.1, 0.15) is 13.3 Å². The Bertz CT molecular complexity index is 598. The first-order valence-corrected chi connectivity index (χ1v) is 8.20. The van der Waals surface area contributed by atoms with Gasteiger partial charge < -0.3 is 10.6 Å². The van der Waals surface area contributed by atoms with Gasteiger partial charge in [0.1, 0.15) is 0 Å². The summed E-state index contributed by atoms with van der Waals surface area (Å²) in [6.07, 6.45) is 1.24. The van der Waals surface area contributed by atoms with Gasteiger partial charge in [-0.15, -0.1) is 0 Å². The van der Waals surface area contributed by atoms with Gasteiger partial charge in [-0.2, -0.15) is 0 Å². The van der Waals surface area contributed by atoms with Crippen LogP contribution >= 0.6 is 0 Å². The Morgan fingerprint density at radius 1 is 1.30 bits per heavy atom. The summed E-state index contributed by atoms with van der Waals surface area (Å²) in [5.74, 6) is 1.45. The van der Waals surface area contributed by atoms with Crippen molar-refractivity contribution >= 4 is 21.4 Å². The highest BCUT2D eigenvalue weighted by molar-refractivity contribution is 7.89. The van der Waals surface area contributed by atoms with Crippen molar-refractivity contribution in [2.24, 2.45) is 11.8 Å². The monoisotopic (exact) mass is 297 g/mol. The minimum absolute atomic E-state index is 0.280. The average Bonchev–Trinajstić information content (AvgIpc) is 3.04. The number of hydrogen-bond acceptors (Lipinski definition) is 4. The summed E-state index contributed by atoms with van der Waals surface area (Å²) < 4.78 is 25.6. The Balaban J connectivity index is 2.29. The van der Waals surface area contributed by atoms with E-state index in [2.05, 4.69) is 11.8 Å². The van der Waals surface area contributed by atoms with E-state index in [0.717, 1.165) is 18.2 Å². The van der Waals surface area contributed by atoms with Gasteiger partial charge in [-0.05, 0) is 36.5 Å². The van der Waals surface area contributed by atoms with Gasteiger partial charge in [-0.25, -0.2) is 12.7 Å². The average molecular weight is 297 g/mol. The predicted octanol–water partition coefficient (Wildman–Crippen LogP) is 1.61. The molecule has 112 valence electrons. The number of nitrogens with two attached hydrogens (primary N) is 1. The van der Waals surface area contributed by atoms with Gasteiger partial charge in [0, 0.05) is 27.7 Å². The fraction of sp³-hybridized carbons (Fsp3) is 0.571. The van der Waals surface area contributed by atoms with E-state index >= 15 is 0 Å². The number of hydrogen-bond donors (Lipinski definition) is 1.